The van der Waals surface area contributed by atoms with Gasteiger partial charge in [-0.2, -0.15) is 0 Å². The zero-order valence-corrected chi connectivity index (χ0v) is 9.22. The molecular weight excluding hydrogens is 162 g/mol. The van der Waals surface area contributed by atoms with E-state index in [1.807, 2.05) is 0 Å². The topological polar surface area (TPSA) is 35.2 Å². The minimum Gasteiger partial charge on any atom is -0.381 e. The SMILES string of the molecule is CCCC(CC)CCOCCCN. The van der Waals surface area contributed by atoms with E-state index < -0.39 is 0 Å². The molecule has 0 aliphatic heterocycles. The van der Waals surface area contributed by atoms with Gasteiger partial charge in [0.1, 0.15) is 0 Å². The van der Waals surface area contributed by atoms with Crippen molar-refractivity contribution in [3.63, 3.8) is 0 Å². The fourth-order valence-corrected chi connectivity index (χ4v) is 1.50. The molecule has 0 fully saturated rings. The van der Waals surface area contributed by atoms with Crippen molar-refractivity contribution in [2.75, 3.05) is 19.8 Å². The molecule has 0 heterocycles. The smallest absolute Gasteiger partial charge is 0.0478 e. The van der Waals surface area contributed by atoms with Crippen molar-refractivity contribution in [1.82, 2.24) is 0 Å². The predicted octanol–water partition coefficient (Wildman–Crippen LogP) is 2.57. The Morgan fingerprint density at radius 1 is 1.15 bits per heavy atom. The summed E-state index contributed by atoms with van der Waals surface area (Å²) in [4.78, 5) is 0. The predicted molar refractivity (Wildman–Crippen MR) is 57.8 cm³/mol. The molecule has 80 valence electrons. The van der Waals surface area contributed by atoms with Gasteiger partial charge in [-0.25, -0.2) is 0 Å². The highest BCUT2D eigenvalue weighted by atomic mass is 16.5. The van der Waals surface area contributed by atoms with E-state index >= 15 is 0 Å². The number of hydrogen-bond donors (Lipinski definition) is 1. The van der Waals surface area contributed by atoms with Crippen molar-refractivity contribution in [2.45, 2.75) is 46.0 Å². The van der Waals surface area contributed by atoms with Gasteiger partial charge in [0.25, 0.3) is 0 Å². The van der Waals surface area contributed by atoms with E-state index in [1.165, 1.54) is 25.7 Å². The monoisotopic (exact) mass is 187 g/mol. The summed E-state index contributed by atoms with van der Waals surface area (Å²) in [5.41, 5.74) is 5.36. The van der Waals surface area contributed by atoms with Crippen molar-refractivity contribution < 1.29 is 4.74 Å². The summed E-state index contributed by atoms with van der Waals surface area (Å²) in [5.74, 6) is 0.864. The Morgan fingerprint density at radius 2 is 1.92 bits per heavy atom. The van der Waals surface area contributed by atoms with Crippen molar-refractivity contribution >= 4 is 0 Å². The highest BCUT2D eigenvalue weighted by Crippen LogP contribution is 2.14. The van der Waals surface area contributed by atoms with Gasteiger partial charge in [-0.15, -0.1) is 0 Å². The molecule has 1 atom stereocenters. The van der Waals surface area contributed by atoms with Gasteiger partial charge in [0, 0.05) is 13.2 Å². The summed E-state index contributed by atoms with van der Waals surface area (Å²) in [5, 5.41) is 0. The van der Waals surface area contributed by atoms with E-state index in [1.54, 1.807) is 0 Å². The first kappa shape index (κ1) is 12.9. The van der Waals surface area contributed by atoms with Crippen LogP contribution in [0.5, 0.6) is 0 Å². The zero-order valence-electron chi connectivity index (χ0n) is 9.22. The fraction of sp³-hybridized carbons (Fsp3) is 1.00. The van der Waals surface area contributed by atoms with Gasteiger partial charge in [-0.3, -0.25) is 0 Å². The Labute approximate surface area is 82.8 Å². The van der Waals surface area contributed by atoms with E-state index in [9.17, 15) is 0 Å². The second-order valence-corrected chi connectivity index (χ2v) is 3.61. The summed E-state index contributed by atoms with van der Waals surface area (Å²) >= 11 is 0. The van der Waals surface area contributed by atoms with Crippen LogP contribution in [0.25, 0.3) is 0 Å². The molecule has 0 saturated carbocycles. The largest absolute Gasteiger partial charge is 0.381 e. The van der Waals surface area contributed by atoms with Crippen LogP contribution < -0.4 is 5.73 Å². The van der Waals surface area contributed by atoms with E-state index in [4.69, 9.17) is 10.5 Å². The lowest BCUT2D eigenvalue weighted by molar-refractivity contribution is 0.117. The van der Waals surface area contributed by atoms with E-state index in [0.29, 0.717) is 0 Å². The number of rotatable bonds is 9. The van der Waals surface area contributed by atoms with Crippen LogP contribution in [0, 0.1) is 5.92 Å². The summed E-state index contributed by atoms with van der Waals surface area (Å²) in [7, 11) is 0. The molecule has 2 N–H and O–H groups in total. The summed E-state index contributed by atoms with van der Waals surface area (Å²) in [6.45, 7) is 7.00. The third kappa shape index (κ3) is 8.26. The summed E-state index contributed by atoms with van der Waals surface area (Å²) in [6, 6.07) is 0. The highest BCUT2D eigenvalue weighted by molar-refractivity contribution is 4.55. The molecule has 0 spiro atoms. The average molecular weight is 187 g/mol. The summed E-state index contributed by atoms with van der Waals surface area (Å²) in [6.07, 6.45) is 6.13. The van der Waals surface area contributed by atoms with Gasteiger partial charge >= 0.3 is 0 Å². The number of ether oxygens (including phenoxy) is 1. The van der Waals surface area contributed by atoms with Crippen LogP contribution in [0.15, 0.2) is 0 Å². The van der Waals surface area contributed by atoms with Crippen LogP contribution in [0.2, 0.25) is 0 Å². The number of nitrogens with two attached hydrogens (primary N) is 1. The quantitative estimate of drug-likeness (QED) is 0.563. The molecule has 0 aromatic heterocycles. The lowest BCUT2D eigenvalue weighted by Crippen LogP contribution is -2.08. The van der Waals surface area contributed by atoms with Gasteiger partial charge in [-0.05, 0) is 25.3 Å². The zero-order chi connectivity index (χ0) is 9.94. The molecule has 1 unspecified atom stereocenters. The van der Waals surface area contributed by atoms with Crippen molar-refractivity contribution in [3.05, 3.63) is 0 Å². The van der Waals surface area contributed by atoms with Crippen LogP contribution in [-0.4, -0.2) is 19.8 Å². The van der Waals surface area contributed by atoms with Gasteiger partial charge < -0.3 is 10.5 Å². The van der Waals surface area contributed by atoms with Crippen molar-refractivity contribution in [2.24, 2.45) is 11.7 Å². The van der Waals surface area contributed by atoms with Crippen LogP contribution in [0.1, 0.15) is 46.0 Å². The van der Waals surface area contributed by atoms with Crippen LogP contribution >= 0.6 is 0 Å². The molecule has 13 heavy (non-hydrogen) atoms. The lowest BCUT2D eigenvalue weighted by Gasteiger charge is -2.13. The van der Waals surface area contributed by atoms with Crippen LogP contribution in [0.4, 0.5) is 0 Å². The molecule has 0 rings (SSSR count). The second-order valence-electron chi connectivity index (χ2n) is 3.61. The van der Waals surface area contributed by atoms with Gasteiger partial charge in [0.05, 0.1) is 0 Å². The molecule has 0 saturated heterocycles. The second kappa shape index (κ2) is 10.0. The maximum Gasteiger partial charge on any atom is 0.0478 e. The Hall–Kier alpha value is -0.0800. The van der Waals surface area contributed by atoms with Gasteiger partial charge in [-0.1, -0.05) is 33.1 Å². The normalized spacial score (nSPS) is 13.2. The Morgan fingerprint density at radius 3 is 2.46 bits per heavy atom. The first-order chi connectivity index (χ1) is 6.35. The van der Waals surface area contributed by atoms with Crippen LogP contribution in [0.3, 0.4) is 0 Å². The minimum atomic E-state index is 0.742. The molecule has 0 aromatic carbocycles. The molecule has 0 radical (unpaired) electrons. The highest BCUT2D eigenvalue weighted by Gasteiger charge is 2.03. The molecule has 2 nitrogen and oxygen atoms in total. The third-order valence-corrected chi connectivity index (χ3v) is 2.44. The van der Waals surface area contributed by atoms with Crippen molar-refractivity contribution in [3.8, 4) is 0 Å². The standard InChI is InChI=1S/C11H25NO/c1-3-6-11(4-2)7-10-13-9-5-8-12/h11H,3-10,12H2,1-2H3. The molecule has 0 aromatic rings. The number of hydrogen-bond acceptors (Lipinski definition) is 2. The molecule has 0 bridgehead atoms. The lowest BCUT2D eigenvalue weighted by atomic mass is 9.98. The fourth-order valence-electron chi connectivity index (χ4n) is 1.50. The van der Waals surface area contributed by atoms with Gasteiger partial charge in [0.2, 0.25) is 0 Å². The molecule has 0 amide bonds. The average Bonchev–Trinajstić information content (AvgIpc) is 2.16. The third-order valence-electron chi connectivity index (χ3n) is 2.44. The maximum atomic E-state index is 5.47. The molecular formula is C11H25NO. The molecule has 2 heteroatoms. The van der Waals surface area contributed by atoms with Crippen LogP contribution in [-0.2, 0) is 4.74 Å². The minimum absolute atomic E-state index is 0.742. The summed E-state index contributed by atoms with van der Waals surface area (Å²) < 4.78 is 5.47. The maximum absolute atomic E-state index is 5.47. The van der Waals surface area contributed by atoms with E-state index in [2.05, 4.69) is 13.8 Å². The Bertz CT molecular complexity index is 96.1. The van der Waals surface area contributed by atoms with Crippen molar-refractivity contribution in [1.29, 1.82) is 0 Å². The molecule has 0 aliphatic rings. The first-order valence-corrected chi connectivity index (χ1v) is 5.62. The molecule has 0 aliphatic carbocycles. The van der Waals surface area contributed by atoms with Gasteiger partial charge in [0.15, 0.2) is 0 Å². The Balaban J connectivity index is 3.17. The first-order valence-electron chi connectivity index (χ1n) is 5.62. The Kier molecular flexibility index (Phi) is 9.94. The van der Waals surface area contributed by atoms with E-state index in [-0.39, 0.29) is 0 Å². The van der Waals surface area contributed by atoms with E-state index in [0.717, 1.165) is 32.1 Å².